The monoisotopic (exact) mass is 476 g/mol. The first-order chi connectivity index (χ1) is 14.8. The molecule has 6 heteroatoms. The lowest BCUT2D eigenvalue weighted by Gasteiger charge is -2.27. The van der Waals surface area contributed by atoms with Gasteiger partial charge in [0.2, 0.25) is 0 Å². The Morgan fingerprint density at radius 3 is 2.42 bits per heavy atom. The minimum Gasteiger partial charge on any atom is -0.340 e. The number of halogens is 1. The van der Waals surface area contributed by atoms with Gasteiger partial charge < -0.3 is 4.90 Å². The van der Waals surface area contributed by atoms with Crippen LogP contribution >= 0.6 is 15.9 Å². The van der Waals surface area contributed by atoms with Crippen molar-refractivity contribution in [3.05, 3.63) is 122 Å². The van der Waals surface area contributed by atoms with Crippen LogP contribution in [-0.4, -0.2) is 10.7 Å². The van der Waals surface area contributed by atoms with Gasteiger partial charge >= 0.3 is 5.70 Å². The van der Waals surface area contributed by atoms with E-state index in [0.29, 0.717) is 11.0 Å². The summed E-state index contributed by atoms with van der Waals surface area (Å²) >= 11 is 3.28. The molecule has 0 saturated carbocycles. The zero-order chi connectivity index (χ0) is 22.2. The van der Waals surface area contributed by atoms with E-state index in [0.717, 1.165) is 11.4 Å². The minimum absolute atomic E-state index is 0.278. The third-order valence-corrected chi connectivity index (χ3v) is 6.12. The van der Waals surface area contributed by atoms with Crippen molar-refractivity contribution in [1.82, 2.24) is 0 Å². The van der Waals surface area contributed by atoms with Crippen LogP contribution in [0.3, 0.4) is 0 Å². The van der Waals surface area contributed by atoms with E-state index in [2.05, 4.69) is 58.9 Å². The number of fused-ring (bicyclic) bond motifs is 1. The number of anilines is 1. The third-order valence-electron chi connectivity index (χ3n) is 5.66. The van der Waals surface area contributed by atoms with E-state index in [1.165, 1.54) is 17.2 Å². The second-order valence-corrected chi connectivity index (χ2v) is 8.95. The molecule has 0 radical (unpaired) electrons. The Kier molecular flexibility index (Phi) is 5.50. The van der Waals surface area contributed by atoms with E-state index in [4.69, 9.17) is 0 Å². The van der Waals surface area contributed by atoms with Gasteiger partial charge in [-0.2, -0.15) is 0 Å². The fourth-order valence-electron chi connectivity index (χ4n) is 4.11. The van der Waals surface area contributed by atoms with Crippen LogP contribution in [0, 0.1) is 10.1 Å². The molecule has 156 valence electrons. The molecule has 0 saturated heterocycles. The summed E-state index contributed by atoms with van der Waals surface area (Å²) in [6.07, 6.45) is 6.45. The lowest BCUT2D eigenvalue weighted by atomic mass is 9.83. The molecule has 0 spiro atoms. The first-order valence-corrected chi connectivity index (χ1v) is 10.7. The molecule has 31 heavy (non-hydrogen) atoms. The number of allylic oxidation sites excluding steroid dienone is 7. The SMILES string of the molecule is CC1(C)/C(=C/C=C2\C=C(Br)C=C([N+](=O)[O-])C2=O)N(Cc2ccccc2)c2ccccc21. The van der Waals surface area contributed by atoms with E-state index >= 15 is 0 Å². The predicted molar refractivity (Wildman–Crippen MR) is 125 cm³/mol. The summed E-state index contributed by atoms with van der Waals surface area (Å²) in [5.74, 6) is -0.590. The number of para-hydroxylation sites is 1. The molecular weight excluding hydrogens is 456 g/mol. The highest BCUT2D eigenvalue weighted by molar-refractivity contribution is 9.11. The number of ketones is 1. The maximum Gasteiger partial charge on any atom is 0.318 e. The second kappa shape index (κ2) is 8.12. The summed E-state index contributed by atoms with van der Waals surface area (Å²) < 4.78 is 0.499. The first-order valence-electron chi connectivity index (χ1n) is 9.90. The van der Waals surface area contributed by atoms with Crippen LogP contribution in [0.15, 0.2) is 100 Å². The molecule has 0 fully saturated rings. The molecule has 5 nitrogen and oxygen atoms in total. The normalized spacial score (nSPS) is 20.0. The molecule has 0 amide bonds. The zero-order valence-corrected chi connectivity index (χ0v) is 18.8. The lowest BCUT2D eigenvalue weighted by Crippen LogP contribution is -2.26. The number of hydrogen-bond acceptors (Lipinski definition) is 4. The summed E-state index contributed by atoms with van der Waals surface area (Å²) in [6, 6.07) is 18.5. The Bertz CT molecular complexity index is 1190. The van der Waals surface area contributed by atoms with Crippen LogP contribution in [-0.2, 0) is 16.8 Å². The van der Waals surface area contributed by atoms with Gasteiger partial charge in [-0.1, -0.05) is 78.3 Å². The lowest BCUT2D eigenvalue weighted by molar-refractivity contribution is -0.418. The molecule has 0 N–H and O–H groups in total. The highest BCUT2D eigenvalue weighted by Gasteiger charge is 2.39. The zero-order valence-electron chi connectivity index (χ0n) is 17.2. The Hall–Kier alpha value is -3.25. The predicted octanol–water partition coefficient (Wildman–Crippen LogP) is 5.82. The number of carbonyl (C=O) groups excluding carboxylic acids is 1. The molecule has 1 heterocycles. The largest absolute Gasteiger partial charge is 0.340 e. The van der Waals surface area contributed by atoms with E-state index in [9.17, 15) is 14.9 Å². The summed E-state index contributed by atoms with van der Waals surface area (Å²) in [5.41, 5.74) is 4.08. The van der Waals surface area contributed by atoms with Gasteiger partial charge in [-0.05, 0) is 35.4 Å². The molecule has 0 atom stereocenters. The van der Waals surface area contributed by atoms with Gasteiger partial charge in [-0.15, -0.1) is 0 Å². The molecule has 1 aliphatic carbocycles. The van der Waals surface area contributed by atoms with Crippen LogP contribution in [0.4, 0.5) is 5.69 Å². The number of rotatable bonds is 4. The van der Waals surface area contributed by atoms with Gasteiger partial charge in [0.25, 0.3) is 5.78 Å². The summed E-state index contributed by atoms with van der Waals surface area (Å²) in [6.45, 7) is 4.99. The average Bonchev–Trinajstić information content (AvgIpc) is 2.95. The molecule has 4 rings (SSSR count). The van der Waals surface area contributed by atoms with Crippen molar-refractivity contribution < 1.29 is 9.72 Å². The molecule has 2 aliphatic rings. The van der Waals surface area contributed by atoms with Crippen molar-refractivity contribution >= 4 is 27.4 Å². The standard InChI is InChI=1S/C25H21BrN2O3/c1-25(2)20-10-6-7-11-21(20)27(16-17-8-4-3-5-9-17)23(25)13-12-18-14-19(26)15-22(24(18)29)28(30)31/h3-15H,16H2,1-2H3/b18-12+,23-13-. The molecule has 0 bridgehead atoms. The van der Waals surface area contributed by atoms with Gasteiger partial charge in [-0.3, -0.25) is 14.9 Å². The average molecular weight is 477 g/mol. The Morgan fingerprint density at radius 1 is 1.03 bits per heavy atom. The number of Topliss-reactive ketones (excluding diaryl/α,β-unsaturated/α-hetero) is 1. The quantitative estimate of drug-likeness (QED) is 0.317. The molecule has 1 aliphatic heterocycles. The second-order valence-electron chi connectivity index (χ2n) is 8.03. The maximum absolute atomic E-state index is 12.6. The van der Waals surface area contributed by atoms with E-state index < -0.39 is 16.4 Å². The Labute approximate surface area is 189 Å². The summed E-state index contributed by atoms with van der Waals surface area (Å²) in [4.78, 5) is 25.4. The molecule has 2 aromatic carbocycles. The van der Waals surface area contributed by atoms with Gasteiger partial charge in [0.15, 0.2) is 0 Å². The van der Waals surface area contributed by atoms with E-state index in [1.807, 2.05) is 36.4 Å². The number of nitrogens with zero attached hydrogens (tertiary/aromatic N) is 2. The van der Waals surface area contributed by atoms with Crippen molar-refractivity contribution in [2.45, 2.75) is 25.8 Å². The van der Waals surface area contributed by atoms with Crippen LogP contribution in [0.1, 0.15) is 25.0 Å². The number of hydrogen-bond donors (Lipinski definition) is 0. The van der Waals surface area contributed by atoms with Crippen LogP contribution in [0.5, 0.6) is 0 Å². The van der Waals surface area contributed by atoms with Crippen molar-refractivity contribution in [3.63, 3.8) is 0 Å². The summed E-state index contributed by atoms with van der Waals surface area (Å²) in [7, 11) is 0. The van der Waals surface area contributed by atoms with Gasteiger partial charge in [-0.25, -0.2) is 0 Å². The number of benzene rings is 2. The highest BCUT2D eigenvalue weighted by atomic mass is 79.9. The van der Waals surface area contributed by atoms with Crippen LogP contribution < -0.4 is 4.90 Å². The molecule has 0 aromatic heterocycles. The van der Waals surface area contributed by atoms with E-state index in [1.54, 1.807) is 12.2 Å². The third kappa shape index (κ3) is 3.91. The van der Waals surface area contributed by atoms with Crippen LogP contribution in [0.2, 0.25) is 0 Å². The topological polar surface area (TPSA) is 63.5 Å². The smallest absolute Gasteiger partial charge is 0.318 e. The number of nitro groups is 1. The van der Waals surface area contributed by atoms with Gasteiger partial charge in [0.1, 0.15) is 0 Å². The van der Waals surface area contributed by atoms with Crippen molar-refractivity contribution in [2.24, 2.45) is 0 Å². The van der Waals surface area contributed by atoms with Crippen LogP contribution in [0.25, 0.3) is 0 Å². The van der Waals surface area contributed by atoms with E-state index in [-0.39, 0.29) is 11.0 Å². The molecule has 0 unspecified atom stereocenters. The Balaban J connectivity index is 1.79. The molecule has 2 aromatic rings. The maximum atomic E-state index is 12.6. The van der Waals surface area contributed by atoms with Gasteiger partial charge in [0.05, 0.1) is 4.92 Å². The van der Waals surface area contributed by atoms with Crippen molar-refractivity contribution in [2.75, 3.05) is 4.90 Å². The fraction of sp³-hybridized carbons (Fsp3) is 0.160. The van der Waals surface area contributed by atoms with Crippen molar-refractivity contribution in [1.29, 1.82) is 0 Å². The fourth-order valence-corrected chi connectivity index (χ4v) is 4.57. The number of carbonyl (C=O) groups is 1. The Morgan fingerprint density at radius 2 is 1.71 bits per heavy atom. The minimum atomic E-state index is -0.644. The first kappa shape index (κ1) is 21.0. The van der Waals surface area contributed by atoms with Crippen molar-refractivity contribution in [3.8, 4) is 0 Å². The molecular formula is C25H21BrN2O3. The highest BCUT2D eigenvalue weighted by Crippen LogP contribution is 2.48. The van der Waals surface area contributed by atoms with Gasteiger partial charge in [0, 0.05) is 39.5 Å². The summed E-state index contributed by atoms with van der Waals surface area (Å²) in [5, 5.41) is 11.2.